The number of hydrogen-bond donors (Lipinski definition) is 2. The fraction of sp³-hybridized carbons (Fsp3) is 0.571. The van der Waals surface area contributed by atoms with Gasteiger partial charge < -0.3 is 15.0 Å². The van der Waals surface area contributed by atoms with Crippen LogP contribution < -0.4 is 14.8 Å². The molecule has 0 saturated carbocycles. The van der Waals surface area contributed by atoms with E-state index in [1.54, 1.807) is 6.07 Å². The third-order valence-corrected chi connectivity index (χ3v) is 5.52. The van der Waals surface area contributed by atoms with E-state index in [2.05, 4.69) is 14.9 Å². The summed E-state index contributed by atoms with van der Waals surface area (Å²) in [5.41, 5.74) is 0. The Morgan fingerprint density at radius 2 is 1.96 bits per heavy atom. The van der Waals surface area contributed by atoms with E-state index in [9.17, 15) is 8.42 Å². The van der Waals surface area contributed by atoms with Gasteiger partial charge in [-0.2, -0.15) is 0 Å². The molecule has 0 aromatic heterocycles. The van der Waals surface area contributed by atoms with Crippen LogP contribution >= 0.6 is 36.4 Å². The van der Waals surface area contributed by atoms with E-state index >= 15 is 0 Å². The number of ether oxygens (including phenoxy) is 1. The van der Waals surface area contributed by atoms with Crippen LogP contribution in [0.4, 0.5) is 0 Å². The zero-order valence-electron chi connectivity index (χ0n) is 13.5. The van der Waals surface area contributed by atoms with Gasteiger partial charge in [0.1, 0.15) is 10.6 Å². The van der Waals surface area contributed by atoms with E-state index in [0.29, 0.717) is 12.3 Å². The molecule has 0 amide bonds. The van der Waals surface area contributed by atoms with E-state index in [0.717, 1.165) is 39.1 Å². The van der Waals surface area contributed by atoms with E-state index in [1.807, 2.05) is 0 Å². The van der Waals surface area contributed by atoms with Crippen LogP contribution in [-0.4, -0.2) is 59.7 Å². The minimum absolute atomic E-state index is 0. The minimum Gasteiger partial charge on any atom is -0.497 e. The van der Waals surface area contributed by atoms with E-state index in [-0.39, 0.29) is 34.7 Å². The number of sulfonamides is 1. The normalized spacial score (nSPS) is 15.2. The van der Waals surface area contributed by atoms with Crippen molar-refractivity contribution >= 4 is 46.4 Å². The largest absolute Gasteiger partial charge is 0.497 e. The predicted molar refractivity (Wildman–Crippen MR) is 102 cm³/mol. The van der Waals surface area contributed by atoms with Crippen molar-refractivity contribution in [1.82, 2.24) is 14.9 Å². The molecule has 1 aromatic rings. The Labute approximate surface area is 161 Å². The van der Waals surface area contributed by atoms with E-state index < -0.39 is 10.0 Å². The molecule has 0 atom stereocenters. The van der Waals surface area contributed by atoms with Gasteiger partial charge in [0.2, 0.25) is 10.0 Å². The van der Waals surface area contributed by atoms with Crippen LogP contribution in [0.3, 0.4) is 0 Å². The molecule has 140 valence electrons. The Hall–Kier alpha value is -0.280. The van der Waals surface area contributed by atoms with Crippen molar-refractivity contribution in [2.24, 2.45) is 0 Å². The number of methoxy groups -OCH3 is 1. The zero-order chi connectivity index (χ0) is 16.0. The second-order valence-corrected chi connectivity index (χ2v) is 7.28. The molecule has 2 rings (SSSR count). The second kappa shape index (κ2) is 11.4. The first-order valence-electron chi connectivity index (χ1n) is 7.29. The molecule has 1 saturated heterocycles. The summed E-state index contributed by atoms with van der Waals surface area (Å²) in [7, 11) is -2.13. The van der Waals surface area contributed by atoms with E-state index in [4.69, 9.17) is 16.3 Å². The standard InChI is InChI=1S/C14H22ClN3O3S.2ClH/c1-21-12-3-4-13(15)14(11-12)22(19,20)17-5-2-8-18-9-6-16-7-10-18;;/h3-4,11,16-17H,2,5-10H2,1H3;2*1H. The van der Waals surface area contributed by atoms with Crippen molar-refractivity contribution in [3.05, 3.63) is 23.2 Å². The van der Waals surface area contributed by atoms with Gasteiger partial charge >= 0.3 is 0 Å². The Balaban J connectivity index is 0.00000264. The van der Waals surface area contributed by atoms with Crippen molar-refractivity contribution in [3.8, 4) is 5.75 Å². The molecule has 1 heterocycles. The van der Waals surface area contributed by atoms with Crippen LogP contribution in [0.25, 0.3) is 0 Å². The maximum atomic E-state index is 12.3. The Bertz CT molecular complexity index is 596. The highest BCUT2D eigenvalue weighted by atomic mass is 35.5. The molecular weight excluding hydrogens is 397 g/mol. The molecule has 0 unspecified atom stereocenters. The maximum absolute atomic E-state index is 12.3. The highest BCUT2D eigenvalue weighted by Gasteiger charge is 2.18. The van der Waals surface area contributed by atoms with Crippen LogP contribution in [-0.2, 0) is 10.0 Å². The molecule has 0 spiro atoms. The van der Waals surface area contributed by atoms with Gasteiger partial charge in [0.05, 0.1) is 12.1 Å². The number of benzene rings is 1. The first-order valence-corrected chi connectivity index (χ1v) is 9.15. The topological polar surface area (TPSA) is 70.7 Å². The molecular formula is C14H24Cl3N3O3S. The maximum Gasteiger partial charge on any atom is 0.242 e. The molecule has 24 heavy (non-hydrogen) atoms. The lowest BCUT2D eigenvalue weighted by Crippen LogP contribution is -2.44. The van der Waals surface area contributed by atoms with Gasteiger partial charge in [0.25, 0.3) is 0 Å². The van der Waals surface area contributed by atoms with Crippen LogP contribution in [0, 0.1) is 0 Å². The SMILES string of the molecule is COc1ccc(Cl)c(S(=O)(=O)NCCCN2CCNCC2)c1.Cl.Cl. The van der Waals surface area contributed by atoms with Gasteiger partial charge in [-0.1, -0.05) is 11.6 Å². The smallest absolute Gasteiger partial charge is 0.242 e. The lowest BCUT2D eigenvalue weighted by molar-refractivity contribution is 0.239. The summed E-state index contributed by atoms with van der Waals surface area (Å²) >= 11 is 5.98. The number of nitrogens with one attached hydrogen (secondary N) is 2. The van der Waals surface area contributed by atoms with Gasteiger partial charge in [-0.05, 0) is 25.1 Å². The summed E-state index contributed by atoms with van der Waals surface area (Å²) in [6.07, 6.45) is 0.765. The van der Waals surface area contributed by atoms with Crippen LogP contribution in [0.5, 0.6) is 5.75 Å². The summed E-state index contributed by atoms with van der Waals surface area (Å²) in [4.78, 5) is 2.37. The third-order valence-electron chi connectivity index (χ3n) is 3.58. The van der Waals surface area contributed by atoms with E-state index in [1.165, 1.54) is 19.2 Å². The molecule has 1 aliphatic rings. The highest BCUT2D eigenvalue weighted by Crippen LogP contribution is 2.25. The average Bonchev–Trinajstić information content (AvgIpc) is 2.53. The summed E-state index contributed by atoms with van der Waals surface area (Å²) in [6, 6.07) is 4.59. The summed E-state index contributed by atoms with van der Waals surface area (Å²) < 4.78 is 32.2. The Morgan fingerprint density at radius 1 is 1.29 bits per heavy atom. The number of rotatable bonds is 7. The molecule has 0 aliphatic carbocycles. The van der Waals surface area contributed by atoms with Crippen molar-refractivity contribution in [3.63, 3.8) is 0 Å². The van der Waals surface area contributed by atoms with Gasteiger partial charge in [-0.15, -0.1) is 24.8 Å². The second-order valence-electron chi connectivity index (χ2n) is 5.14. The average molecular weight is 421 g/mol. The molecule has 0 radical (unpaired) electrons. The number of piperazine rings is 1. The molecule has 1 fully saturated rings. The number of halogens is 3. The van der Waals surface area contributed by atoms with Gasteiger partial charge in [-0.25, -0.2) is 13.1 Å². The van der Waals surface area contributed by atoms with Crippen LogP contribution in [0.1, 0.15) is 6.42 Å². The zero-order valence-corrected chi connectivity index (χ0v) is 16.7. The van der Waals surface area contributed by atoms with Crippen molar-refractivity contribution in [2.45, 2.75) is 11.3 Å². The molecule has 6 nitrogen and oxygen atoms in total. The van der Waals surface area contributed by atoms with Gasteiger partial charge in [0.15, 0.2) is 0 Å². The summed E-state index contributed by atoms with van der Waals surface area (Å²) in [5, 5.41) is 3.48. The fourth-order valence-corrected chi connectivity index (χ4v) is 3.93. The molecule has 1 aromatic carbocycles. The third kappa shape index (κ3) is 6.92. The highest BCUT2D eigenvalue weighted by molar-refractivity contribution is 7.89. The minimum atomic E-state index is -3.62. The molecule has 2 N–H and O–H groups in total. The van der Waals surface area contributed by atoms with Crippen molar-refractivity contribution < 1.29 is 13.2 Å². The summed E-state index contributed by atoms with van der Waals surface area (Å²) in [6.45, 7) is 5.27. The number of hydrogen-bond acceptors (Lipinski definition) is 5. The lowest BCUT2D eigenvalue weighted by atomic mass is 10.3. The van der Waals surface area contributed by atoms with Gasteiger partial charge in [-0.3, -0.25) is 0 Å². The fourth-order valence-electron chi connectivity index (χ4n) is 2.34. The Kier molecular flexibility index (Phi) is 11.2. The van der Waals surface area contributed by atoms with Crippen LogP contribution in [0.15, 0.2) is 23.1 Å². The van der Waals surface area contributed by atoms with Crippen molar-refractivity contribution in [2.75, 3.05) is 46.4 Å². The summed E-state index contributed by atoms with van der Waals surface area (Å²) in [5.74, 6) is 0.464. The van der Waals surface area contributed by atoms with Crippen molar-refractivity contribution in [1.29, 1.82) is 0 Å². The quantitative estimate of drug-likeness (QED) is 0.658. The van der Waals surface area contributed by atoms with Gasteiger partial charge in [0, 0.05) is 38.8 Å². The Morgan fingerprint density at radius 3 is 2.58 bits per heavy atom. The predicted octanol–water partition coefficient (Wildman–Crippen LogP) is 1.77. The molecule has 1 aliphatic heterocycles. The first kappa shape index (κ1) is 23.7. The molecule has 0 bridgehead atoms. The lowest BCUT2D eigenvalue weighted by Gasteiger charge is -2.27. The monoisotopic (exact) mass is 419 g/mol. The molecule has 10 heteroatoms. The number of nitrogens with zero attached hydrogens (tertiary/aromatic N) is 1. The van der Waals surface area contributed by atoms with Crippen LogP contribution in [0.2, 0.25) is 5.02 Å². The first-order chi connectivity index (χ1) is 10.5.